The average Bonchev–Trinajstić information content (AvgIpc) is 2.62. The second kappa shape index (κ2) is 9.05. The summed E-state index contributed by atoms with van der Waals surface area (Å²) >= 11 is 5.81. The van der Waals surface area contributed by atoms with Gasteiger partial charge in [0, 0.05) is 36.2 Å². The molecule has 2 aromatic carbocycles. The van der Waals surface area contributed by atoms with E-state index in [9.17, 15) is 14.7 Å². The summed E-state index contributed by atoms with van der Waals surface area (Å²) < 4.78 is 0. The van der Waals surface area contributed by atoms with Gasteiger partial charge in [-0.25, -0.2) is 5.43 Å². The third-order valence-corrected chi connectivity index (χ3v) is 3.87. The van der Waals surface area contributed by atoms with Gasteiger partial charge < -0.3 is 15.3 Å². The van der Waals surface area contributed by atoms with Crippen LogP contribution in [0.3, 0.4) is 0 Å². The van der Waals surface area contributed by atoms with Crippen LogP contribution in [0.5, 0.6) is 5.75 Å². The zero-order chi connectivity index (χ0) is 20.0. The van der Waals surface area contributed by atoms with Crippen LogP contribution in [0.15, 0.2) is 47.6 Å². The fourth-order valence-corrected chi connectivity index (χ4v) is 2.39. The quantitative estimate of drug-likeness (QED) is 0.523. The number of nitrogens with one attached hydrogen (secondary N) is 2. The first-order chi connectivity index (χ1) is 12.8. The average molecular weight is 389 g/mol. The molecular weight excluding hydrogens is 368 g/mol. The molecule has 7 nitrogen and oxygen atoms in total. The topological polar surface area (TPSA) is 94.0 Å². The van der Waals surface area contributed by atoms with E-state index in [2.05, 4.69) is 15.8 Å². The summed E-state index contributed by atoms with van der Waals surface area (Å²) in [4.78, 5) is 26.1. The number of aromatic hydroxyl groups is 1. The first kappa shape index (κ1) is 20.3. The van der Waals surface area contributed by atoms with E-state index in [-0.39, 0.29) is 23.6 Å². The molecule has 0 aliphatic rings. The van der Waals surface area contributed by atoms with Gasteiger partial charge in [0.2, 0.25) is 5.91 Å². The first-order valence-electron chi connectivity index (χ1n) is 8.15. The minimum atomic E-state index is -0.617. The van der Waals surface area contributed by atoms with Gasteiger partial charge in [0.05, 0.1) is 12.0 Å². The third-order valence-electron chi connectivity index (χ3n) is 3.64. The fraction of sp³-hybridized carbons (Fsp3) is 0.211. The molecule has 8 heteroatoms. The second-order valence-corrected chi connectivity index (χ2v) is 6.55. The molecule has 3 N–H and O–H groups in total. The molecule has 0 aromatic heterocycles. The molecule has 0 atom stereocenters. The molecular formula is C19H21ClN4O3. The molecule has 2 rings (SSSR count). The predicted molar refractivity (Wildman–Crippen MR) is 108 cm³/mol. The van der Waals surface area contributed by atoms with Gasteiger partial charge in [-0.15, -0.1) is 0 Å². The molecule has 0 spiro atoms. The number of rotatable bonds is 6. The number of amides is 2. The van der Waals surface area contributed by atoms with Gasteiger partial charge in [-0.05, 0) is 49.4 Å². The van der Waals surface area contributed by atoms with Crippen molar-refractivity contribution in [2.45, 2.75) is 13.3 Å². The largest absolute Gasteiger partial charge is 0.507 e. The standard InChI is InChI=1S/C19H21ClN4O3/c1-12(22-23-19(27)16-11-13(20)4-9-17(16)25)10-18(26)21-14-5-7-15(8-6-14)24(2)3/h4-9,11,25H,10H2,1-3H3,(H,21,26)(H,23,27). The lowest BCUT2D eigenvalue weighted by Gasteiger charge is -2.13. The molecule has 0 bridgehead atoms. The Morgan fingerprint density at radius 1 is 1.15 bits per heavy atom. The van der Waals surface area contributed by atoms with Gasteiger partial charge in [0.1, 0.15) is 5.75 Å². The van der Waals surface area contributed by atoms with E-state index in [1.807, 2.05) is 43.3 Å². The third kappa shape index (κ3) is 6.00. The van der Waals surface area contributed by atoms with Crippen molar-refractivity contribution in [3.63, 3.8) is 0 Å². The number of benzene rings is 2. The number of halogens is 1. The molecule has 0 heterocycles. The van der Waals surface area contributed by atoms with E-state index in [0.717, 1.165) is 5.69 Å². The Balaban J connectivity index is 1.91. The number of hydrogen-bond acceptors (Lipinski definition) is 5. The summed E-state index contributed by atoms with van der Waals surface area (Å²) in [6.07, 6.45) is 0.0112. The minimum absolute atomic E-state index is 0.00415. The number of carbonyl (C=O) groups is 2. The Hall–Kier alpha value is -3.06. The Morgan fingerprint density at radius 2 is 1.81 bits per heavy atom. The van der Waals surface area contributed by atoms with Crippen LogP contribution in [0, 0.1) is 0 Å². The van der Waals surface area contributed by atoms with Gasteiger partial charge in [-0.1, -0.05) is 11.6 Å². The highest BCUT2D eigenvalue weighted by Crippen LogP contribution is 2.21. The van der Waals surface area contributed by atoms with Crippen LogP contribution in [0.25, 0.3) is 0 Å². The van der Waals surface area contributed by atoms with Crippen LogP contribution < -0.4 is 15.6 Å². The lowest BCUT2D eigenvalue weighted by Crippen LogP contribution is -2.21. The van der Waals surface area contributed by atoms with Crippen LogP contribution in [0.4, 0.5) is 11.4 Å². The summed E-state index contributed by atoms with van der Waals surface area (Å²) in [5, 5.41) is 16.7. The van der Waals surface area contributed by atoms with Gasteiger partial charge in [0.25, 0.3) is 5.91 Å². The SMILES string of the molecule is CC(CC(=O)Nc1ccc(N(C)C)cc1)=NNC(=O)c1cc(Cl)ccc1O. The van der Waals surface area contributed by atoms with Gasteiger partial charge >= 0.3 is 0 Å². The lowest BCUT2D eigenvalue weighted by molar-refractivity contribution is -0.115. The Kier molecular flexibility index (Phi) is 6.79. The summed E-state index contributed by atoms with van der Waals surface area (Å²) in [5.74, 6) is -1.08. The molecule has 0 radical (unpaired) electrons. The van der Waals surface area contributed by atoms with Crippen molar-refractivity contribution in [1.82, 2.24) is 5.43 Å². The van der Waals surface area contributed by atoms with Crippen molar-refractivity contribution >= 4 is 40.5 Å². The van der Waals surface area contributed by atoms with Crippen molar-refractivity contribution in [3.05, 3.63) is 53.1 Å². The molecule has 142 valence electrons. The van der Waals surface area contributed by atoms with Gasteiger partial charge in [-0.2, -0.15) is 5.10 Å². The van der Waals surface area contributed by atoms with Crippen LogP contribution in [0.2, 0.25) is 5.02 Å². The number of carbonyl (C=O) groups excluding carboxylic acids is 2. The zero-order valence-electron chi connectivity index (χ0n) is 15.3. The van der Waals surface area contributed by atoms with E-state index in [1.54, 1.807) is 6.92 Å². The molecule has 27 heavy (non-hydrogen) atoms. The Bertz CT molecular complexity index is 864. The molecule has 2 aromatic rings. The maximum atomic E-state index is 12.1. The maximum Gasteiger partial charge on any atom is 0.275 e. The van der Waals surface area contributed by atoms with E-state index in [1.165, 1.54) is 18.2 Å². The van der Waals surface area contributed by atoms with Crippen molar-refractivity contribution < 1.29 is 14.7 Å². The fourth-order valence-electron chi connectivity index (χ4n) is 2.22. The van der Waals surface area contributed by atoms with Crippen molar-refractivity contribution in [3.8, 4) is 5.75 Å². The summed E-state index contributed by atoms with van der Waals surface area (Å²) in [6, 6.07) is 11.5. The smallest absolute Gasteiger partial charge is 0.275 e. The first-order valence-corrected chi connectivity index (χ1v) is 8.53. The molecule has 0 aliphatic carbocycles. The lowest BCUT2D eigenvalue weighted by atomic mass is 10.2. The summed E-state index contributed by atoms with van der Waals surface area (Å²) in [6.45, 7) is 1.62. The van der Waals surface area contributed by atoms with E-state index >= 15 is 0 Å². The molecule has 0 fully saturated rings. The minimum Gasteiger partial charge on any atom is -0.507 e. The highest BCUT2D eigenvalue weighted by atomic mass is 35.5. The number of anilines is 2. The second-order valence-electron chi connectivity index (χ2n) is 6.12. The Morgan fingerprint density at radius 3 is 2.44 bits per heavy atom. The van der Waals surface area contributed by atoms with Crippen LogP contribution in [-0.4, -0.2) is 36.7 Å². The predicted octanol–water partition coefficient (Wildman–Crippen LogP) is 3.25. The summed E-state index contributed by atoms with van der Waals surface area (Å²) in [5.41, 5.74) is 4.41. The number of hydrogen-bond donors (Lipinski definition) is 3. The van der Waals surface area contributed by atoms with Crippen molar-refractivity contribution in [2.24, 2.45) is 5.10 Å². The maximum absolute atomic E-state index is 12.1. The number of nitrogens with zero attached hydrogens (tertiary/aromatic N) is 2. The number of phenols is 1. The highest BCUT2D eigenvalue weighted by molar-refractivity contribution is 6.31. The summed E-state index contributed by atoms with van der Waals surface area (Å²) in [7, 11) is 3.87. The van der Waals surface area contributed by atoms with E-state index in [4.69, 9.17) is 11.6 Å². The normalized spacial score (nSPS) is 11.0. The van der Waals surface area contributed by atoms with E-state index in [0.29, 0.717) is 16.4 Å². The highest BCUT2D eigenvalue weighted by Gasteiger charge is 2.12. The van der Waals surface area contributed by atoms with Crippen molar-refractivity contribution in [1.29, 1.82) is 0 Å². The van der Waals surface area contributed by atoms with Crippen LogP contribution >= 0.6 is 11.6 Å². The number of hydrazone groups is 1. The van der Waals surface area contributed by atoms with Gasteiger partial charge in [0.15, 0.2) is 0 Å². The molecule has 0 aliphatic heterocycles. The number of phenolic OH excluding ortho intramolecular Hbond substituents is 1. The Labute approximate surface area is 162 Å². The van der Waals surface area contributed by atoms with Crippen LogP contribution in [-0.2, 0) is 4.79 Å². The van der Waals surface area contributed by atoms with Crippen LogP contribution in [0.1, 0.15) is 23.7 Å². The molecule has 0 saturated carbocycles. The molecule has 0 saturated heterocycles. The molecule has 2 amide bonds. The molecule has 0 unspecified atom stereocenters. The van der Waals surface area contributed by atoms with Gasteiger partial charge in [-0.3, -0.25) is 9.59 Å². The zero-order valence-corrected chi connectivity index (χ0v) is 16.0. The van der Waals surface area contributed by atoms with E-state index < -0.39 is 5.91 Å². The monoisotopic (exact) mass is 388 g/mol. The van der Waals surface area contributed by atoms with Crippen molar-refractivity contribution in [2.75, 3.05) is 24.3 Å².